The third kappa shape index (κ3) is 3.83. The minimum absolute atomic E-state index is 0.102. The molecular weight excluding hydrogens is 378 g/mol. The number of H-pyrrole nitrogens is 1. The van der Waals surface area contributed by atoms with E-state index in [0.29, 0.717) is 11.9 Å². The Hall–Kier alpha value is -2.41. The van der Waals surface area contributed by atoms with Gasteiger partial charge in [0.05, 0.1) is 23.3 Å². The minimum Gasteiger partial charge on any atom is -0.345 e. The van der Waals surface area contributed by atoms with Gasteiger partial charge in [0.1, 0.15) is 0 Å². The van der Waals surface area contributed by atoms with Crippen LogP contribution in [0.1, 0.15) is 48.9 Å². The number of aromatic nitrogens is 2. The Morgan fingerprint density at radius 2 is 1.73 bits per heavy atom. The zero-order valence-corrected chi connectivity index (χ0v) is 17.6. The number of rotatable bonds is 3. The Morgan fingerprint density at radius 3 is 2.53 bits per heavy atom. The zero-order chi connectivity index (χ0) is 20.5. The molecule has 7 heteroatoms. The SMILES string of the molecule is O=C(c1ccc2nc[nH]c2c1)N1CCC(N2CCC[C@H](C(=O)N3CCCC3)C2)CC1. The van der Waals surface area contributed by atoms with Gasteiger partial charge in [0.2, 0.25) is 5.91 Å². The maximum absolute atomic E-state index is 13.0. The predicted octanol–water partition coefficient (Wildman–Crippen LogP) is 2.50. The lowest BCUT2D eigenvalue weighted by Crippen LogP contribution is -2.51. The summed E-state index contributed by atoms with van der Waals surface area (Å²) in [6.45, 7) is 5.43. The monoisotopic (exact) mass is 409 g/mol. The molecule has 3 aliphatic heterocycles. The van der Waals surface area contributed by atoms with E-state index < -0.39 is 0 Å². The van der Waals surface area contributed by atoms with E-state index in [4.69, 9.17) is 0 Å². The number of nitrogens with one attached hydrogen (secondary N) is 1. The molecule has 1 atom stereocenters. The standard InChI is InChI=1S/C23H31N5O2/c29-22(17-5-6-20-21(14-17)25-16-24-20)27-12-7-19(8-13-27)28-11-3-4-18(15-28)23(30)26-9-1-2-10-26/h5-6,14,16,18-19H,1-4,7-13,15H2,(H,24,25)/t18-/m0/s1. The van der Waals surface area contributed by atoms with Crippen LogP contribution in [0, 0.1) is 5.92 Å². The molecule has 4 heterocycles. The van der Waals surface area contributed by atoms with Crippen molar-refractivity contribution in [2.75, 3.05) is 39.3 Å². The van der Waals surface area contributed by atoms with Gasteiger partial charge in [-0.2, -0.15) is 0 Å². The smallest absolute Gasteiger partial charge is 0.253 e. The molecule has 0 radical (unpaired) electrons. The topological polar surface area (TPSA) is 72.5 Å². The summed E-state index contributed by atoms with van der Waals surface area (Å²) >= 11 is 0. The summed E-state index contributed by atoms with van der Waals surface area (Å²) in [6, 6.07) is 6.16. The molecule has 0 bridgehead atoms. The van der Waals surface area contributed by atoms with Crippen molar-refractivity contribution < 1.29 is 9.59 Å². The van der Waals surface area contributed by atoms with Crippen molar-refractivity contribution in [2.45, 2.75) is 44.6 Å². The first-order chi connectivity index (χ1) is 14.7. The number of fused-ring (bicyclic) bond motifs is 1. The molecule has 2 aromatic rings. The van der Waals surface area contributed by atoms with Crippen molar-refractivity contribution >= 4 is 22.8 Å². The molecule has 1 aromatic heterocycles. The summed E-state index contributed by atoms with van der Waals surface area (Å²) in [5, 5.41) is 0. The van der Waals surface area contributed by atoms with Gasteiger partial charge in [-0.15, -0.1) is 0 Å². The highest BCUT2D eigenvalue weighted by molar-refractivity contribution is 5.97. The Labute approximate surface area is 177 Å². The van der Waals surface area contributed by atoms with Gasteiger partial charge >= 0.3 is 0 Å². The molecule has 0 aliphatic carbocycles. The molecule has 1 aromatic carbocycles. The summed E-state index contributed by atoms with van der Waals surface area (Å²) in [7, 11) is 0. The van der Waals surface area contributed by atoms with Crippen LogP contribution in [-0.4, -0.2) is 81.8 Å². The second-order valence-electron chi connectivity index (χ2n) is 9.02. The number of carbonyl (C=O) groups excluding carboxylic acids is 2. The summed E-state index contributed by atoms with van der Waals surface area (Å²) in [6.07, 6.45) is 8.08. The number of nitrogens with zero attached hydrogens (tertiary/aromatic N) is 4. The molecule has 7 nitrogen and oxygen atoms in total. The number of hydrogen-bond acceptors (Lipinski definition) is 4. The first-order valence-electron chi connectivity index (χ1n) is 11.4. The number of carbonyl (C=O) groups is 2. The van der Waals surface area contributed by atoms with Crippen molar-refractivity contribution in [1.82, 2.24) is 24.7 Å². The highest BCUT2D eigenvalue weighted by Gasteiger charge is 2.34. The molecule has 3 aliphatic rings. The van der Waals surface area contributed by atoms with Crippen LogP contribution in [0.15, 0.2) is 24.5 Å². The molecule has 30 heavy (non-hydrogen) atoms. The highest BCUT2D eigenvalue weighted by atomic mass is 16.2. The fraction of sp³-hybridized carbons (Fsp3) is 0.609. The first-order valence-corrected chi connectivity index (χ1v) is 11.4. The number of likely N-dealkylation sites (tertiary alicyclic amines) is 3. The Morgan fingerprint density at radius 1 is 0.933 bits per heavy atom. The number of imidazole rings is 1. The Kier molecular flexibility index (Phi) is 5.46. The number of amides is 2. The van der Waals surface area contributed by atoms with E-state index >= 15 is 0 Å². The van der Waals surface area contributed by atoms with Gasteiger partial charge in [-0.1, -0.05) is 0 Å². The molecule has 0 spiro atoms. The molecule has 3 saturated heterocycles. The van der Waals surface area contributed by atoms with E-state index in [0.717, 1.165) is 94.4 Å². The van der Waals surface area contributed by atoms with Crippen molar-refractivity contribution in [3.05, 3.63) is 30.1 Å². The van der Waals surface area contributed by atoms with E-state index in [1.807, 2.05) is 23.1 Å². The highest BCUT2D eigenvalue weighted by Crippen LogP contribution is 2.27. The van der Waals surface area contributed by atoms with Crippen LogP contribution in [-0.2, 0) is 4.79 Å². The van der Waals surface area contributed by atoms with Crippen LogP contribution in [0.2, 0.25) is 0 Å². The lowest BCUT2D eigenvalue weighted by molar-refractivity contribution is -0.136. The van der Waals surface area contributed by atoms with Gasteiger partial charge < -0.3 is 14.8 Å². The maximum atomic E-state index is 13.0. The molecule has 1 N–H and O–H groups in total. The third-order valence-corrected chi connectivity index (χ3v) is 7.16. The summed E-state index contributed by atoms with van der Waals surface area (Å²) in [4.78, 5) is 39.7. The third-order valence-electron chi connectivity index (χ3n) is 7.16. The second kappa shape index (κ2) is 8.38. The van der Waals surface area contributed by atoms with E-state index in [1.54, 1.807) is 6.33 Å². The second-order valence-corrected chi connectivity index (χ2v) is 9.02. The Bertz CT molecular complexity index is 911. The molecule has 5 rings (SSSR count). The molecule has 3 fully saturated rings. The van der Waals surface area contributed by atoms with E-state index in [1.165, 1.54) is 0 Å². The summed E-state index contributed by atoms with van der Waals surface area (Å²) in [5.41, 5.74) is 2.51. The lowest BCUT2D eigenvalue weighted by Gasteiger charge is -2.42. The first kappa shape index (κ1) is 19.5. The van der Waals surface area contributed by atoms with Crippen molar-refractivity contribution in [3.8, 4) is 0 Å². The van der Waals surface area contributed by atoms with Gasteiger partial charge in [0.25, 0.3) is 5.91 Å². The average Bonchev–Trinajstić information content (AvgIpc) is 3.50. The lowest BCUT2D eigenvalue weighted by atomic mass is 9.92. The van der Waals surface area contributed by atoms with Crippen molar-refractivity contribution in [1.29, 1.82) is 0 Å². The van der Waals surface area contributed by atoms with Crippen LogP contribution >= 0.6 is 0 Å². The van der Waals surface area contributed by atoms with Gasteiger partial charge in [0.15, 0.2) is 0 Å². The number of aromatic amines is 1. The van der Waals surface area contributed by atoms with Crippen molar-refractivity contribution in [3.63, 3.8) is 0 Å². The quantitative estimate of drug-likeness (QED) is 0.845. The van der Waals surface area contributed by atoms with Crippen LogP contribution in [0.4, 0.5) is 0 Å². The number of benzene rings is 1. The normalized spacial score (nSPS) is 23.9. The predicted molar refractivity (Wildman–Crippen MR) is 115 cm³/mol. The van der Waals surface area contributed by atoms with E-state index in [-0.39, 0.29) is 11.8 Å². The molecule has 0 saturated carbocycles. The van der Waals surface area contributed by atoms with Gasteiger partial charge in [-0.25, -0.2) is 4.98 Å². The largest absolute Gasteiger partial charge is 0.345 e. The Balaban J connectivity index is 1.17. The minimum atomic E-state index is 0.102. The number of piperidine rings is 2. The van der Waals surface area contributed by atoms with Crippen LogP contribution in [0.25, 0.3) is 11.0 Å². The average molecular weight is 410 g/mol. The molecule has 160 valence electrons. The number of hydrogen-bond donors (Lipinski definition) is 1. The maximum Gasteiger partial charge on any atom is 0.253 e. The molecular formula is C23H31N5O2. The van der Waals surface area contributed by atoms with Crippen LogP contribution in [0.3, 0.4) is 0 Å². The van der Waals surface area contributed by atoms with E-state index in [9.17, 15) is 9.59 Å². The van der Waals surface area contributed by atoms with E-state index in [2.05, 4.69) is 19.8 Å². The van der Waals surface area contributed by atoms with Gasteiger partial charge in [0, 0.05) is 44.3 Å². The fourth-order valence-corrected chi connectivity index (χ4v) is 5.42. The fourth-order valence-electron chi connectivity index (χ4n) is 5.42. The summed E-state index contributed by atoms with van der Waals surface area (Å²) in [5.74, 6) is 0.641. The van der Waals surface area contributed by atoms with Crippen LogP contribution < -0.4 is 0 Å². The van der Waals surface area contributed by atoms with Gasteiger partial charge in [-0.05, 0) is 63.3 Å². The van der Waals surface area contributed by atoms with Gasteiger partial charge in [-0.3, -0.25) is 14.5 Å². The van der Waals surface area contributed by atoms with Crippen LogP contribution in [0.5, 0.6) is 0 Å². The van der Waals surface area contributed by atoms with Crippen molar-refractivity contribution in [2.24, 2.45) is 5.92 Å². The zero-order valence-electron chi connectivity index (χ0n) is 17.6. The summed E-state index contributed by atoms with van der Waals surface area (Å²) < 4.78 is 0. The molecule has 2 amide bonds. The molecule has 0 unspecified atom stereocenters.